The monoisotopic (exact) mass is 276 g/mol. The first-order chi connectivity index (χ1) is 9.63. The largest absolute Gasteiger partial charge is 0.377 e. The van der Waals surface area contributed by atoms with Crippen LogP contribution in [0.5, 0.6) is 0 Å². The first-order valence-electron chi connectivity index (χ1n) is 7.71. The van der Waals surface area contributed by atoms with Crippen LogP contribution < -0.4 is 5.73 Å². The maximum atomic E-state index is 6.07. The molecule has 1 aromatic rings. The van der Waals surface area contributed by atoms with Crippen molar-refractivity contribution < 1.29 is 4.74 Å². The smallest absolute Gasteiger partial charge is 0.0702 e. The van der Waals surface area contributed by atoms with Crippen LogP contribution in [0.15, 0.2) is 18.2 Å². The van der Waals surface area contributed by atoms with E-state index >= 15 is 0 Å². The Morgan fingerprint density at radius 1 is 1.30 bits per heavy atom. The number of nitrogens with zero attached hydrogens (tertiary/aromatic N) is 1. The molecule has 1 saturated heterocycles. The summed E-state index contributed by atoms with van der Waals surface area (Å²) in [5.41, 5.74) is 10.1. The molecule has 1 fully saturated rings. The van der Waals surface area contributed by atoms with E-state index < -0.39 is 0 Å². The molecule has 2 rings (SSSR count). The second-order valence-electron chi connectivity index (χ2n) is 5.99. The lowest BCUT2D eigenvalue weighted by Gasteiger charge is -2.34. The van der Waals surface area contributed by atoms with Crippen molar-refractivity contribution >= 4 is 0 Å². The van der Waals surface area contributed by atoms with Gasteiger partial charge in [0.15, 0.2) is 0 Å². The van der Waals surface area contributed by atoms with Gasteiger partial charge in [-0.05, 0) is 56.8 Å². The maximum Gasteiger partial charge on any atom is 0.0702 e. The Morgan fingerprint density at radius 2 is 2.00 bits per heavy atom. The molecule has 1 aliphatic rings. The highest BCUT2D eigenvalue weighted by Gasteiger charge is 2.23. The minimum atomic E-state index is 0.279. The van der Waals surface area contributed by atoms with Gasteiger partial charge in [-0.1, -0.05) is 18.2 Å². The summed E-state index contributed by atoms with van der Waals surface area (Å²) < 4.78 is 5.86. The summed E-state index contributed by atoms with van der Waals surface area (Å²) >= 11 is 0. The van der Waals surface area contributed by atoms with Gasteiger partial charge >= 0.3 is 0 Å². The molecule has 20 heavy (non-hydrogen) atoms. The molecule has 2 unspecified atom stereocenters. The highest BCUT2D eigenvalue weighted by molar-refractivity contribution is 5.36. The van der Waals surface area contributed by atoms with Gasteiger partial charge in [-0.25, -0.2) is 0 Å². The van der Waals surface area contributed by atoms with E-state index in [0.717, 1.165) is 13.2 Å². The first-order valence-corrected chi connectivity index (χ1v) is 7.71. The van der Waals surface area contributed by atoms with E-state index in [0.29, 0.717) is 12.6 Å². The highest BCUT2D eigenvalue weighted by Crippen LogP contribution is 2.26. The molecule has 0 aliphatic carbocycles. The highest BCUT2D eigenvalue weighted by atomic mass is 16.5. The Hall–Kier alpha value is -0.900. The molecular formula is C17H28N2O. The summed E-state index contributed by atoms with van der Waals surface area (Å²) in [5.74, 6) is 0. The van der Waals surface area contributed by atoms with Crippen LogP contribution in [0.25, 0.3) is 0 Å². The van der Waals surface area contributed by atoms with Crippen molar-refractivity contribution in [2.75, 3.05) is 26.7 Å². The average molecular weight is 276 g/mol. The molecule has 1 heterocycles. The van der Waals surface area contributed by atoms with E-state index in [-0.39, 0.29) is 6.04 Å². The summed E-state index contributed by atoms with van der Waals surface area (Å²) in [6.45, 7) is 6.88. The van der Waals surface area contributed by atoms with Gasteiger partial charge in [-0.15, -0.1) is 0 Å². The second-order valence-corrected chi connectivity index (χ2v) is 5.99. The fourth-order valence-corrected chi connectivity index (χ4v) is 3.27. The number of nitrogens with two attached hydrogens (primary N) is 1. The van der Waals surface area contributed by atoms with Crippen molar-refractivity contribution in [2.45, 2.75) is 45.3 Å². The quantitative estimate of drug-likeness (QED) is 0.898. The Morgan fingerprint density at radius 3 is 2.55 bits per heavy atom. The lowest BCUT2D eigenvalue weighted by atomic mass is 9.95. The summed E-state index contributed by atoms with van der Waals surface area (Å²) in [7, 11) is 2.17. The molecule has 2 atom stereocenters. The molecule has 0 radical (unpaired) electrons. The zero-order valence-electron chi connectivity index (χ0n) is 13.1. The van der Waals surface area contributed by atoms with E-state index in [1.165, 1.54) is 36.0 Å². The summed E-state index contributed by atoms with van der Waals surface area (Å²) in [6.07, 6.45) is 4.04. The Bertz CT molecular complexity index is 407. The van der Waals surface area contributed by atoms with Gasteiger partial charge in [-0.2, -0.15) is 0 Å². The molecule has 0 amide bonds. The standard InChI is InChI=1S/C17H28N2O/c1-13-7-6-8-14(2)17(13)16(11-18)19(3)12-15-9-4-5-10-20-15/h6-8,15-16H,4-5,9-12,18H2,1-3H3. The van der Waals surface area contributed by atoms with Crippen LogP contribution in [-0.2, 0) is 4.74 Å². The molecule has 2 N–H and O–H groups in total. The summed E-state index contributed by atoms with van der Waals surface area (Å²) in [4.78, 5) is 2.37. The van der Waals surface area contributed by atoms with Crippen molar-refractivity contribution in [1.29, 1.82) is 0 Å². The lowest BCUT2D eigenvalue weighted by molar-refractivity contribution is -0.00785. The molecule has 0 saturated carbocycles. The van der Waals surface area contributed by atoms with Crippen LogP contribution in [0.4, 0.5) is 0 Å². The predicted octanol–water partition coefficient (Wildman–Crippen LogP) is 2.80. The van der Waals surface area contributed by atoms with Crippen molar-refractivity contribution in [3.8, 4) is 0 Å². The zero-order chi connectivity index (χ0) is 14.5. The first kappa shape index (κ1) is 15.5. The third-order valence-electron chi connectivity index (χ3n) is 4.40. The van der Waals surface area contributed by atoms with Crippen molar-refractivity contribution in [1.82, 2.24) is 4.90 Å². The van der Waals surface area contributed by atoms with Gasteiger partial charge in [0.2, 0.25) is 0 Å². The third kappa shape index (κ3) is 3.60. The van der Waals surface area contributed by atoms with Gasteiger partial charge in [0.1, 0.15) is 0 Å². The fraction of sp³-hybridized carbons (Fsp3) is 0.647. The zero-order valence-corrected chi connectivity index (χ0v) is 13.1. The fourth-order valence-electron chi connectivity index (χ4n) is 3.27. The minimum Gasteiger partial charge on any atom is -0.377 e. The number of ether oxygens (including phenoxy) is 1. The van der Waals surface area contributed by atoms with Crippen molar-refractivity contribution in [3.05, 3.63) is 34.9 Å². The summed E-state index contributed by atoms with van der Waals surface area (Å²) in [5, 5.41) is 0. The number of likely N-dealkylation sites (N-methyl/N-ethyl adjacent to an activating group) is 1. The Labute approximate surface area is 123 Å². The van der Waals surface area contributed by atoms with E-state index in [9.17, 15) is 0 Å². The Balaban J connectivity index is 2.10. The van der Waals surface area contributed by atoms with Gasteiger partial charge in [-0.3, -0.25) is 4.90 Å². The van der Waals surface area contributed by atoms with E-state index in [4.69, 9.17) is 10.5 Å². The normalized spacial score (nSPS) is 21.1. The van der Waals surface area contributed by atoms with Gasteiger partial charge in [0, 0.05) is 25.7 Å². The Kier molecular flexibility index (Phi) is 5.58. The number of benzene rings is 1. The van der Waals surface area contributed by atoms with E-state index in [1.807, 2.05) is 0 Å². The number of rotatable bonds is 5. The SMILES string of the molecule is Cc1cccc(C)c1C(CN)N(C)CC1CCCCO1. The molecule has 3 heteroatoms. The maximum absolute atomic E-state index is 6.07. The summed E-state index contributed by atoms with van der Waals surface area (Å²) in [6, 6.07) is 6.75. The third-order valence-corrected chi connectivity index (χ3v) is 4.40. The predicted molar refractivity (Wildman–Crippen MR) is 83.9 cm³/mol. The van der Waals surface area contributed by atoms with Crippen LogP contribution in [0.3, 0.4) is 0 Å². The molecule has 1 aliphatic heterocycles. The van der Waals surface area contributed by atoms with E-state index in [1.54, 1.807) is 0 Å². The van der Waals surface area contributed by atoms with Gasteiger partial charge in [0.05, 0.1) is 6.10 Å². The van der Waals surface area contributed by atoms with Gasteiger partial charge < -0.3 is 10.5 Å². The lowest BCUT2D eigenvalue weighted by Crippen LogP contribution is -2.39. The van der Waals surface area contributed by atoms with Crippen LogP contribution in [0.2, 0.25) is 0 Å². The molecule has 0 spiro atoms. The van der Waals surface area contributed by atoms with Crippen molar-refractivity contribution in [3.63, 3.8) is 0 Å². The minimum absolute atomic E-state index is 0.279. The molecular weight excluding hydrogens is 248 g/mol. The van der Waals surface area contributed by atoms with Gasteiger partial charge in [0.25, 0.3) is 0 Å². The van der Waals surface area contributed by atoms with Crippen LogP contribution in [0, 0.1) is 13.8 Å². The average Bonchev–Trinajstić information content (AvgIpc) is 2.44. The number of hydrogen-bond donors (Lipinski definition) is 1. The molecule has 3 nitrogen and oxygen atoms in total. The van der Waals surface area contributed by atoms with E-state index in [2.05, 4.69) is 44.0 Å². The molecule has 112 valence electrons. The second kappa shape index (κ2) is 7.21. The van der Waals surface area contributed by atoms with Crippen LogP contribution >= 0.6 is 0 Å². The molecule has 0 bridgehead atoms. The molecule has 0 aromatic heterocycles. The number of aryl methyl sites for hydroxylation is 2. The van der Waals surface area contributed by atoms with Crippen LogP contribution in [0.1, 0.15) is 42.0 Å². The van der Waals surface area contributed by atoms with Crippen molar-refractivity contribution in [2.24, 2.45) is 5.73 Å². The van der Waals surface area contributed by atoms with Crippen LogP contribution in [-0.4, -0.2) is 37.7 Å². The molecule has 1 aromatic carbocycles. The topological polar surface area (TPSA) is 38.5 Å². The number of hydrogen-bond acceptors (Lipinski definition) is 3.